The van der Waals surface area contributed by atoms with Crippen molar-refractivity contribution < 1.29 is 14.2 Å². The summed E-state index contributed by atoms with van der Waals surface area (Å²) in [6, 6.07) is 7.85. The number of aliphatic imine (C=N–C) groups is 1. The van der Waals surface area contributed by atoms with Gasteiger partial charge in [-0.1, -0.05) is 37.4 Å². The van der Waals surface area contributed by atoms with Gasteiger partial charge in [-0.05, 0) is 37.5 Å². The van der Waals surface area contributed by atoms with Gasteiger partial charge in [0.1, 0.15) is 5.69 Å². The van der Waals surface area contributed by atoms with Crippen molar-refractivity contribution in [2.75, 3.05) is 31.6 Å². The third-order valence-corrected chi connectivity index (χ3v) is 6.02. The summed E-state index contributed by atoms with van der Waals surface area (Å²) in [5, 5.41) is 0. The number of likely N-dealkylation sites (N-methyl/N-ethyl adjacent to an activating group) is 2. The quantitative estimate of drug-likeness (QED) is 0.719. The highest BCUT2D eigenvalue weighted by Crippen LogP contribution is 2.28. The number of benzene rings is 1. The number of anilines is 1. The Morgan fingerprint density at radius 2 is 1.90 bits per heavy atom. The van der Waals surface area contributed by atoms with Gasteiger partial charge in [0, 0.05) is 19.5 Å². The van der Waals surface area contributed by atoms with E-state index in [1.54, 1.807) is 7.05 Å². The van der Waals surface area contributed by atoms with Gasteiger partial charge in [-0.25, -0.2) is 14.3 Å². The molecule has 2 atom stereocenters. The average molecular weight is 397 g/mol. The first-order valence-corrected chi connectivity index (χ1v) is 10.6. The predicted molar refractivity (Wildman–Crippen MR) is 113 cm³/mol. The number of rotatable bonds is 5. The summed E-state index contributed by atoms with van der Waals surface area (Å²) < 4.78 is 2.07. The number of guanidine groups is 1. The highest BCUT2D eigenvalue weighted by molar-refractivity contribution is 6.24. The molecule has 0 N–H and O–H groups in total. The van der Waals surface area contributed by atoms with Crippen LogP contribution in [0.4, 0.5) is 10.5 Å². The summed E-state index contributed by atoms with van der Waals surface area (Å²) in [5.41, 5.74) is 2.42. The lowest BCUT2D eigenvalue weighted by atomic mass is 10.1. The zero-order chi connectivity index (χ0) is 20.7. The molecule has 3 aliphatic rings. The number of carbonyl (C=O) groups excluding carboxylic acids is 2. The minimum atomic E-state index is -0.512. The third-order valence-electron chi connectivity index (χ3n) is 6.02. The summed E-state index contributed by atoms with van der Waals surface area (Å²) in [6.45, 7) is 8.19. The number of carbonyl (C=O) groups is 2. The summed E-state index contributed by atoms with van der Waals surface area (Å²) in [6.07, 6.45) is 3.47. The maximum atomic E-state index is 13.1. The minimum absolute atomic E-state index is 0.173. The maximum Gasteiger partial charge on any atom is 0.397 e. The normalized spacial score (nSPS) is 24.1. The largest absolute Gasteiger partial charge is 0.397 e. The van der Waals surface area contributed by atoms with Crippen LogP contribution < -0.4 is 4.90 Å². The van der Waals surface area contributed by atoms with Crippen LogP contribution in [0.15, 0.2) is 29.3 Å². The smallest absolute Gasteiger partial charge is 0.270 e. The molecule has 154 valence electrons. The fourth-order valence-corrected chi connectivity index (χ4v) is 4.43. The van der Waals surface area contributed by atoms with Gasteiger partial charge in [-0.3, -0.25) is 14.6 Å². The molecule has 1 saturated heterocycles. The molecule has 3 aliphatic heterocycles. The molecule has 7 heteroatoms. The fourth-order valence-electron chi connectivity index (χ4n) is 4.43. The first-order chi connectivity index (χ1) is 14.0. The number of imide groups is 1. The third kappa shape index (κ3) is 3.22. The van der Waals surface area contributed by atoms with E-state index in [9.17, 15) is 9.59 Å². The number of fused-ring (bicyclic) bond motifs is 2. The first-order valence-electron chi connectivity index (χ1n) is 10.6. The van der Waals surface area contributed by atoms with Crippen molar-refractivity contribution in [3.63, 3.8) is 0 Å². The van der Waals surface area contributed by atoms with Crippen LogP contribution in [0.2, 0.25) is 0 Å². The predicted octanol–water partition coefficient (Wildman–Crippen LogP) is 2.55. The second-order valence-corrected chi connectivity index (χ2v) is 8.23. The van der Waals surface area contributed by atoms with Gasteiger partial charge < -0.3 is 0 Å². The van der Waals surface area contributed by atoms with Crippen LogP contribution in [0.25, 0.3) is 0 Å². The average Bonchev–Trinajstić information content (AvgIpc) is 3.10. The second kappa shape index (κ2) is 7.61. The van der Waals surface area contributed by atoms with Crippen molar-refractivity contribution in [1.82, 2.24) is 9.80 Å². The number of hydrogen-bond acceptors (Lipinski definition) is 4. The number of nitrogens with zero attached hydrogens (tertiary/aromatic N) is 5. The molecule has 2 unspecified atom stereocenters. The molecule has 3 amide bonds. The fraction of sp³-hybridized carbons (Fsp3) is 0.545. The Morgan fingerprint density at radius 3 is 2.55 bits per heavy atom. The van der Waals surface area contributed by atoms with E-state index >= 15 is 0 Å². The highest BCUT2D eigenvalue weighted by Gasteiger charge is 2.54. The van der Waals surface area contributed by atoms with Crippen LogP contribution in [-0.4, -0.2) is 70.8 Å². The Balaban J connectivity index is 1.70. The van der Waals surface area contributed by atoms with Crippen molar-refractivity contribution in [2.45, 2.75) is 46.1 Å². The topological polar surface area (TPSA) is 59.2 Å². The molecule has 7 nitrogen and oxygen atoms in total. The lowest BCUT2D eigenvalue weighted by molar-refractivity contribution is -0.545. The first kappa shape index (κ1) is 19.6. The van der Waals surface area contributed by atoms with E-state index in [4.69, 9.17) is 4.99 Å². The summed E-state index contributed by atoms with van der Waals surface area (Å²) in [5.74, 6) is 1.51. The standard InChI is InChI=1S/C22H30N5O2/c1-5-7-8-16-9-11-17(12-10-16)26-13-15(3)14-27-18-19(23-21(26)27)24(4)22(29)25(6-2)20(18)28/h9-12,15,18H,5-8,13-14H2,1-4H3/q+1. The van der Waals surface area contributed by atoms with E-state index in [0.29, 0.717) is 18.3 Å². The Labute approximate surface area is 172 Å². The van der Waals surface area contributed by atoms with Crippen LogP contribution in [0.1, 0.15) is 39.2 Å². The molecule has 29 heavy (non-hydrogen) atoms. The Kier molecular flexibility index (Phi) is 5.15. The second-order valence-electron chi connectivity index (χ2n) is 8.23. The molecular formula is C22H30N5O2+. The molecule has 0 aromatic heterocycles. The highest BCUT2D eigenvalue weighted by atomic mass is 16.2. The number of amidine groups is 1. The molecule has 0 saturated carbocycles. The van der Waals surface area contributed by atoms with Gasteiger partial charge in [0.05, 0.1) is 13.1 Å². The monoisotopic (exact) mass is 396 g/mol. The molecule has 0 bridgehead atoms. The minimum Gasteiger partial charge on any atom is -0.270 e. The molecule has 1 aromatic carbocycles. The van der Waals surface area contributed by atoms with Gasteiger partial charge in [0.2, 0.25) is 11.9 Å². The number of amides is 3. The van der Waals surface area contributed by atoms with Gasteiger partial charge in [0.15, 0.2) is 0 Å². The van der Waals surface area contributed by atoms with Crippen molar-refractivity contribution >= 4 is 29.4 Å². The summed E-state index contributed by atoms with van der Waals surface area (Å²) in [7, 11) is 1.71. The van der Waals surface area contributed by atoms with Gasteiger partial charge in [-0.2, -0.15) is 0 Å². The van der Waals surface area contributed by atoms with Crippen LogP contribution in [0.5, 0.6) is 0 Å². The molecular weight excluding hydrogens is 366 g/mol. The molecule has 0 radical (unpaired) electrons. The van der Waals surface area contributed by atoms with E-state index in [1.165, 1.54) is 28.2 Å². The zero-order valence-corrected chi connectivity index (χ0v) is 17.8. The van der Waals surface area contributed by atoms with Crippen LogP contribution >= 0.6 is 0 Å². The lowest BCUT2D eigenvalue weighted by Crippen LogP contribution is -2.63. The van der Waals surface area contributed by atoms with E-state index < -0.39 is 6.04 Å². The van der Waals surface area contributed by atoms with Gasteiger partial charge in [0.25, 0.3) is 5.91 Å². The van der Waals surface area contributed by atoms with Gasteiger partial charge in [-0.15, -0.1) is 0 Å². The van der Waals surface area contributed by atoms with Crippen LogP contribution in [-0.2, 0) is 11.2 Å². The Hall–Kier alpha value is -2.70. The molecule has 1 fully saturated rings. The molecule has 0 aliphatic carbocycles. The van der Waals surface area contributed by atoms with Crippen molar-refractivity contribution in [1.29, 1.82) is 0 Å². The maximum absolute atomic E-state index is 13.1. The number of aryl methyl sites for hydroxylation is 1. The van der Waals surface area contributed by atoms with Gasteiger partial charge >= 0.3 is 12.0 Å². The van der Waals surface area contributed by atoms with Crippen LogP contribution in [0.3, 0.4) is 0 Å². The lowest BCUT2D eigenvalue weighted by Gasteiger charge is -2.35. The molecule has 4 rings (SSSR count). The number of unbranched alkanes of at least 4 members (excludes halogenated alkanes) is 1. The number of urea groups is 1. The summed E-state index contributed by atoms with van der Waals surface area (Å²) >= 11 is 0. The van der Waals surface area contributed by atoms with Crippen molar-refractivity contribution in [3.05, 3.63) is 29.8 Å². The van der Waals surface area contributed by atoms with Crippen LogP contribution in [0, 0.1) is 5.92 Å². The SMILES string of the molecule is CCCCc1ccc(N2CC(C)C[N+]3=C2N=C2C3C(=O)N(CC)C(=O)N2C)cc1. The molecule has 0 spiro atoms. The summed E-state index contributed by atoms with van der Waals surface area (Å²) in [4.78, 5) is 35.5. The van der Waals surface area contributed by atoms with Crippen molar-refractivity contribution in [3.8, 4) is 0 Å². The van der Waals surface area contributed by atoms with E-state index in [-0.39, 0.29) is 11.9 Å². The molecule has 3 heterocycles. The van der Waals surface area contributed by atoms with E-state index in [0.717, 1.165) is 31.2 Å². The Bertz CT molecular complexity index is 889. The van der Waals surface area contributed by atoms with Crippen molar-refractivity contribution in [2.24, 2.45) is 10.9 Å². The zero-order valence-electron chi connectivity index (χ0n) is 17.8. The molecule has 1 aromatic rings. The number of hydrogen-bond donors (Lipinski definition) is 0. The van der Waals surface area contributed by atoms with E-state index in [2.05, 4.69) is 47.6 Å². The van der Waals surface area contributed by atoms with E-state index in [1.807, 2.05) is 6.92 Å². The Morgan fingerprint density at radius 1 is 1.17 bits per heavy atom.